The normalized spacial score (nSPS) is 18.1. The predicted molar refractivity (Wildman–Crippen MR) is 49.9 cm³/mol. The molecule has 6 nitrogen and oxygen atoms in total. The third-order valence-corrected chi connectivity index (χ3v) is 3.25. The van der Waals surface area contributed by atoms with Gasteiger partial charge in [0.15, 0.2) is 0 Å². The molecule has 1 aliphatic rings. The van der Waals surface area contributed by atoms with E-state index in [0.29, 0.717) is 0 Å². The molecule has 1 fully saturated rings. The molecule has 0 saturated heterocycles. The minimum absolute atomic E-state index is 0.0305. The first-order chi connectivity index (χ1) is 6.23. The van der Waals surface area contributed by atoms with Crippen molar-refractivity contribution in [2.45, 2.75) is 38.3 Å². The van der Waals surface area contributed by atoms with E-state index in [0.717, 1.165) is 12.8 Å². The molecule has 82 valence electrons. The van der Waals surface area contributed by atoms with Gasteiger partial charge in [0.1, 0.15) is 5.54 Å². The molecule has 0 aromatic rings. The molecule has 0 aromatic heterocycles. The average Bonchev–Trinajstić information content (AvgIpc) is 2.67. The highest BCUT2D eigenvalue weighted by atomic mass is 32.2. The minimum Gasteiger partial charge on any atom is -0.480 e. The first-order valence-electron chi connectivity index (χ1n) is 4.27. The Morgan fingerprint density at radius 3 is 2.29 bits per heavy atom. The summed E-state index contributed by atoms with van der Waals surface area (Å²) in [5.41, 5.74) is -1.49. The maximum atomic E-state index is 11.3. The van der Waals surface area contributed by atoms with Crippen molar-refractivity contribution in [2.75, 3.05) is 0 Å². The summed E-state index contributed by atoms with van der Waals surface area (Å²) in [6.45, 7) is 2.59. The zero-order valence-electron chi connectivity index (χ0n) is 8.07. The summed E-state index contributed by atoms with van der Waals surface area (Å²) in [5, 5.41) is 8.70. The standard InChI is InChI=1S/C7H14N2O4S/c1-7(2,6(10)11)9-14(12,13)8-5-3-4-5/h5,8-9H,3-4H2,1-2H3,(H,10,11). The molecule has 14 heavy (non-hydrogen) atoms. The topological polar surface area (TPSA) is 95.5 Å². The van der Waals surface area contributed by atoms with Gasteiger partial charge in [-0.2, -0.15) is 17.9 Å². The first-order valence-corrected chi connectivity index (χ1v) is 5.76. The van der Waals surface area contributed by atoms with Crippen LogP contribution in [0.15, 0.2) is 0 Å². The van der Waals surface area contributed by atoms with Crippen molar-refractivity contribution in [3.05, 3.63) is 0 Å². The van der Waals surface area contributed by atoms with Gasteiger partial charge in [0.2, 0.25) is 0 Å². The van der Waals surface area contributed by atoms with Crippen LogP contribution in [0.5, 0.6) is 0 Å². The van der Waals surface area contributed by atoms with Crippen LogP contribution in [0.3, 0.4) is 0 Å². The highest BCUT2D eigenvalue weighted by Gasteiger charge is 2.35. The van der Waals surface area contributed by atoms with Crippen molar-refractivity contribution in [1.29, 1.82) is 0 Å². The number of carbonyl (C=O) groups is 1. The van der Waals surface area contributed by atoms with Crippen molar-refractivity contribution in [1.82, 2.24) is 9.44 Å². The van der Waals surface area contributed by atoms with Crippen LogP contribution in [0.4, 0.5) is 0 Å². The van der Waals surface area contributed by atoms with Crippen molar-refractivity contribution < 1.29 is 18.3 Å². The molecule has 3 N–H and O–H groups in total. The molecule has 0 aliphatic heterocycles. The minimum atomic E-state index is -3.70. The summed E-state index contributed by atoms with van der Waals surface area (Å²) in [5.74, 6) is -1.21. The van der Waals surface area contributed by atoms with E-state index < -0.39 is 21.7 Å². The number of hydrogen-bond donors (Lipinski definition) is 3. The molecule has 0 atom stereocenters. The molecule has 0 radical (unpaired) electrons. The fourth-order valence-electron chi connectivity index (χ4n) is 0.830. The fourth-order valence-corrected chi connectivity index (χ4v) is 2.32. The lowest BCUT2D eigenvalue weighted by Gasteiger charge is -2.20. The van der Waals surface area contributed by atoms with Gasteiger partial charge in [0.05, 0.1) is 0 Å². The van der Waals surface area contributed by atoms with E-state index in [1.165, 1.54) is 13.8 Å². The Labute approximate surface area is 82.9 Å². The van der Waals surface area contributed by atoms with Gasteiger partial charge in [-0.25, -0.2) is 0 Å². The molecular weight excluding hydrogens is 208 g/mol. The lowest BCUT2D eigenvalue weighted by Crippen LogP contribution is -2.53. The summed E-state index contributed by atoms with van der Waals surface area (Å²) in [7, 11) is -3.70. The van der Waals surface area contributed by atoms with Crippen molar-refractivity contribution in [3.63, 3.8) is 0 Å². The third kappa shape index (κ3) is 3.24. The Morgan fingerprint density at radius 1 is 1.43 bits per heavy atom. The van der Waals surface area contributed by atoms with Crippen molar-refractivity contribution >= 4 is 16.2 Å². The van der Waals surface area contributed by atoms with Crippen molar-refractivity contribution in [3.8, 4) is 0 Å². The van der Waals surface area contributed by atoms with Crippen molar-refractivity contribution in [2.24, 2.45) is 0 Å². The zero-order chi connectivity index (χ0) is 11.0. The number of hydrogen-bond acceptors (Lipinski definition) is 3. The molecule has 0 bridgehead atoms. The van der Waals surface area contributed by atoms with Crippen LogP contribution in [-0.2, 0) is 15.0 Å². The molecule has 0 unspecified atom stereocenters. The van der Waals surface area contributed by atoms with Gasteiger partial charge in [0, 0.05) is 6.04 Å². The Balaban J connectivity index is 2.61. The zero-order valence-corrected chi connectivity index (χ0v) is 8.89. The molecule has 1 saturated carbocycles. The number of aliphatic carboxylic acids is 1. The van der Waals surface area contributed by atoms with Gasteiger partial charge in [0.25, 0.3) is 10.2 Å². The summed E-state index contributed by atoms with van der Waals surface area (Å²) >= 11 is 0. The Bertz CT molecular complexity index is 332. The van der Waals surface area contributed by atoms with Crippen LogP contribution < -0.4 is 9.44 Å². The molecule has 0 aromatic carbocycles. The van der Waals surface area contributed by atoms with Crippen LogP contribution in [0.25, 0.3) is 0 Å². The molecule has 0 heterocycles. The van der Waals surface area contributed by atoms with Crippen LogP contribution >= 0.6 is 0 Å². The SMILES string of the molecule is CC(C)(NS(=O)(=O)NC1CC1)C(=O)O. The average molecular weight is 222 g/mol. The second-order valence-corrected chi connectivity index (χ2v) is 5.37. The molecule has 0 spiro atoms. The van der Waals surface area contributed by atoms with E-state index >= 15 is 0 Å². The summed E-state index contributed by atoms with van der Waals surface area (Å²) in [6, 6.07) is -0.0305. The van der Waals surface area contributed by atoms with Gasteiger partial charge < -0.3 is 5.11 Å². The Morgan fingerprint density at radius 2 is 1.93 bits per heavy atom. The van der Waals surface area contributed by atoms with Gasteiger partial charge >= 0.3 is 5.97 Å². The molecule has 1 rings (SSSR count). The summed E-state index contributed by atoms with van der Waals surface area (Å²) < 4.78 is 27.0. The summed E-state index contributed by atoms with van der Waals surface area (Å²) in [4.78, 5) is 10.6. The first kappa shape index (κ1) is 11.4. The molecule has 1 aliphatic carbocycles. The molecular formula is C7H14N2O4S. The lowest BCUT2D eigenvalue weighted by atomic mass is 10.1. The third-order valence-electron chi connectivity index (χ3n) is 1.82. The Kier molecular flexibility index (Phi) is 2.84. The Hall–Kier alpha value is -0.660. The highest BCUT2D eigenvalue weighted by molar-refractivity contribution is 7.87. The van der Waals surface area contributed by atoms with E-state index in [1.54, 1.807) is 0 Å². The maximum Gasteiger partial charge on any atom is 0.324 e. The van der Waals surface area contributed by atoms with E-state index in [9.17, 15) is 13.2 Å². The van der Waals surface area contributed by atoms with Gasteiger partial charge in [-0.3, -0.25) is 4.79 Å². The highest BCUT2D eigenvalue weighted by Crippen LogP contribution is 2.19. The van der Waals surface area contributed by atoms with Crippen LogP contribution in [-0.4, -0.2) is 31.1 Å². The monoisotopic (exact) mass is 222 g/mol. The van der Waals surface area contributed by atoms with Gasteiger partial charge in [-0.05, 0) is 26.7 Å². The predicted octanol–water partition coefficient (Wildman–Crippen LogP) is -0.564. The number of nitrogens with one attached hydrogen (secondary N) is 2. The summed E-state index contributed by atoms with van der Waals surface area (Å²) in [6.07, 6.45) is 1.63. The number of carboxylic acid groups (broad SMARTS) is 1. The quantitative estimate of drug-likeness (QED) is 0.581. The van der Waals surface area contributed by atoms with Crippen LogP contribution in [0.2, 0.25) is 0 Å². The van der Waals surface area contributed by atoms with E-state index in [1.807, 2.05) is 0 Å². The fraction of sp³-hybridized carbons (Fsp3) is 0.857. The molecule has 7 heteroatoms. The number of rotatable bonds is 5. The maximum absolute atomic E-state index is 11.3. The smallest absolute Gasteiger partial charge is 0.324 e. The lowest BCUT2D eigenvalue weighted by molar-refractivity contribution is -0.142. The van der Waals surface area contributed by atoms with Crippen LogP contribution in [0, 0.1) is 0 Å². The van der Waals surface area contributed by atoms with Gasteiger partial charge in [-0.1, -0.05) is 0 Å². The van der Waals surface area contributed by atoms with Crippen LogP contribution in [0.1, 0.15) is 26.7 Å². The van der Waals surface area contributed by atoms with E-state index in [-0.39, 0.29) is 6.04 Å². The molecule has 0 amide bonds. The van der Waals surface area contributed by atoms with Gasteiger partial charge in [-0.15, -0.1) is 0 Å². The largest absolute Gasteiger partial charge is 0.480 e. The second kappa shape index (κ2) is 3.48. The van der Waals surface area contributed by atoms with E-state index in [4.69, 9.17) is 5.11 Å². The van der Waals surface area contributed by atoms with E-state index in [2.05, 4.69) is 9.44 Å². The number of carboxylic acids is 1. The second-order valence-electron chi connectivity index (χ2n) is 3.93.